The third kappa shape index (κ3) is 4.73. The Balaban J connectivity index is 2.14. The Labute approximate surface area is 103 Å². The lowest BCUT2D eigenvalue weighted by atomic mass is 10.2. The molecule has 0 aromatic carbocycles. The van der Waals surface area contributed by atoms with E-state index in [0.29, 0.717) is 6.54 Å². The largest absolute Gasteiger partial charge is 0.355 e. The van der Waals surface area contributed by atoms with Gasteiger partial charge in [-0.25, -0.2) is 0 Å². The molecule has 1 rings (SSSR count). The quantitative estimate of drug-likeness (QED) is 0.749. The summed E-state index contributed by atoms with van der Waals surface area (Å²) in [7, 11) is 0. The second-order valence-electron chi connectivity index (χ2n) is 4.79. The second-order valence-corrected chi connectivity index (χ2v) is 4.79. The molecule has 0 unspecified atom stereocenters. The van der Waals surface area contributed by atoms with Crippen LogP contribution in [0, 0.1) is 5.92 Å². The van der Waals surface area contributed by atoms with Crippen LogP contribution in [-0.4, -0.2) is 60.9 Å². The predicted molar refractivity (Wildman–Crippen MR) is 66.5 cm³/mol. The summed E-state index contributed by atoms with van der Waals surface area (Å²) >= 11 is 0. The zero-order valence-corrected chi connectivity index (χ0v) is 11.0. The Kier molecular flexibility index (Phi) is 5.41. The van der Waals surface area contributed by atoms with Crippen molar-refractivity contribution in [3.63, 3.8) is 0 Å². The number of hydrogen-bond donors (Lipinski definition) is 1. The minimum atomic E-state index is 0.0459. The third-order valence-corrected chi connectivity index (χ3v) is 3.07. The normalized spacial score (nSPS) is 17.3. The van der Waals surface area contributed by atoms with E-state index in [1.54, 1.807) is 6.92 Å². The van der Waals surface area contributed by atoms with Crippen LogP contribution in [0.25, 0.3) is 0 Å². The van der Waals surface area contributed by atoms with E-state index in [1.807, 2.05) is 18.7 Å². The average molecular weight is 241 g/mol. The zero-order valence-electron chi connectivity index (χ0n) is 11.0. The molecule has 1 N–H and O–H groups in total. The number of piperazine rings is 1. The molecule has 0 spiro atoms. The molecule has 0 aromatic heterocycles. The number of rotatable bonds is 4. The van der Waals surface area contributed by atoms with Gasteiger partial charge >= 0.3 is 0 Å². The van der Waals surface area contributed by atoms with Gasteiger partial charge in [-0.15, -0.1) is 0 Å². The van der Waals surface area contributed by atoms with Gasteiger partial charge in [-0.2, -0.15) is 0 Å². The van der Waals surface area contributed by atoms with Gasteiger partial charge in [0.2, 0.25) is 11.8 Å². The molecule has 17 heavy (non-hydrogen) atoms. The number of carbonyl (C=O) groups excluding carboxylic acids is 2. The molecule has 1 saturated heterocycles. The molecule has 0 radical (unpaired) electrons. The van der Waals surface area contributed by atoms with Gasteiger partial charge in [-0.05, 0) is 0 Å². The monoisotopic (exact) mass is 241 g/mol. The van der Waals surface area contributed by atoms with E-state index in [2.05, 4.69) is 10.2 Å². The van der Waals surface area contributed by atoms with E-state index in [0.717, 1.165) is 32.7 Å². The van der Waals surface area contributed by atoms with Crippen LogP contribution in [0.5, 0.6) is 0 Å². The van der Waals surface area contributed by atoms with Gasteiger partial charge in [0.15, 0.2) is 0 Å². The molecule has 5 heteroatoms. The molecular formula is C12H23N3O2. The SMILES string of the molecule is CC(=O)N1CCN(CCNC(=O)C(C)C)CC1. The van der Waals surface area contributed by atoms with Crippen LogP contribution >= 0.6 is 0 Å². The Hall–Kier alpha value is -1.10. The topological polar surface area (TPSA) is 52.7 Å². The number of nitrogens with one attached hydrogen (secondary N) is 1. The molecule has 0 bridgehead atoms. The first-order chi connectivity index (χ1) is 8.00. The summed E-state index contributed by atoms with van der Waals surface area (Å²) < 4.78 is 0. The van der Waals surface area contributed by atoms with E-state index < -0.39 is 0 Å². The molecule has 1 aliphatic rings. The first-order valence-electron chi connectivity index (χ1n) is 6.26. The van der Waals surface area contributed by atoms with Gasteiger partial charge in [0.05, 0.1) is 0 Å². The number of amides is 2. The first kappa shape index (κ1) is 14.0. The average Bonchev–Trinajstić information content (AvgIpc) is 2.29. The van der Waals surface area contributed by atoms with E-state index in [4.69, 9.17) is 0 Å². The molecule has 1 aliphatic heterocycles. The van der Waals surface area contributed by atoms with Crippen LogP contribution in [0.2, 0.25) is 0 Å². The number of carbonyl (C=O) groups is 2. The van der Waals surface area contributed by atoms with Crippen molar-refractivity contribution < 1.29 is 9.59 Å². The van der Waals surface area contributed by atoms with Gasteiger partial charge < -0.3 is 10.2 Å². The molecule has 2 amide bonds. The maximum Gasteiger partial charge on any atom is 0.222 e. The molecule has 0 aromatic rings. The smallest absolute Gasteiger partial charge is 0.222 e. The molecular weight excluding hydrogens is 218 g/mol. The summed E-state index contributed by atoms with van der Waals surface area (Å²) in [5.74, 6) is 0.301. The lowest BCUT2D eigenvalue weighted by molar-refractivity contribution is -0.130. The maximum absolute atomic E-state index is 11.3. The minimum Gasteiger partial charge on any atom is -0.355 e. The van der Waals surface area contributed by atoms with Gasteiger partial charge in [-0.1, -0.05) is 13.8 Å². The van der Waals surface area contributed by atoms with Gasteiger partial charge in [0, 0.05) is 52.1 Å². The lowest BCUT2D eigenvalue weighted by Gasteiger charge is -2.34. The predicted octanol–water partition coefficient (Wildman–Crippen LogP) is -0.0773. The highest BCUT2D eigenvalue weighted by molar-refractivity contribution is 5.77. The lowest BCUT2D eigenvalue weighted by Crippen LogP contribution is -2.49. The molecule has 0 aliphatic carbocycles. The maximum atomic E-state index is 11.3. The fraction of sp³-hybridized carbons (Fsp3) is 0.833. The molecule has 5 nitrogen and oxygen atoms in total. The van der Waals surface area contributed by atoms with Gasteiger partial charge in [0.25, 0.3) is 0 Å². The van der Waals surface area contributed by atoms with E-state index >= 15 is 0 Å². The van der Waals surface area contributed by atoms with Crippen LogP contribution < -0.4 is 5.32 Å². The Bertz CT molecular complexity index is 271. The Morgan fingerprint density at radius 3 is 2.24 bits per heavy atom. The van der Waals surface area contributed by atoms with Crippen LogP contribution in [0.3, 0.4) is 0 Å². The van der Waals surface area contributed by atoms with Gasteiger partial charge in [-0.3, -0.25) is 14.5 Å². The van der Waals surface area contributed by atoms with Crippen LogP contribution in [-0.2, 0) is 9.59 Å². The fourth-order valence-corrected chi connectivity index (χ4v) is 1.83. The Morgan fingerprint density at radius 1 is 1.18 bits per heavy atom. The summed E-state index contributed by atoms with van der Waals surface area (Å²) in [5.41, 5.74) is 0. The van der Waals surface area contributed by atoms with Crippen LogP contribution in [0.15, 0.2) is 0 Å². The fourth-order valence-electron chi connectivity index (χ4n) is 1.83. The minimum absolute atomic E-state index is 0.0459. The third-order valence-electron chi connectivity index (χ3n) is 3.07. The standard InChI is InChI=1S/C12H23N3O2/c1-10(2)12(17)13-4-5-14-6-8-15(9-7-14)11(3)16/h10H,4-9H2,1-3H3,(H,13,17). The van der Waals surface area contributed by atoms with Crippen molar-refractivity contribution in [3.05, 3.63) is 0 Å². The number of hydrogen-bond acceptors (Lipinski definition) is 3. The van der Waals surface area contributed by atoms with Crippen LogP contribution in [0.4, 0.5) is 0 Å². The Morgan fingerprint density at radius 2 is 1.76 bits per heavy atom. The van der Waals surface area contributed by atoms with Gasteiger partial charge in [0.1, 0.15) is 0 Å². The van der Waals surface area contributed by atoms with Crippen molar-refractivity contribution in [1.29, 1.82) is 0 Å². The first-order valence-corrected chi connectivity index (χ1v) is 6.26. The number of nitrogens with zero attached hydrogens (tertiary/aromatic N) is 2. The highest BCUT2D eigenvalue weighted by atomic mass is 16.2. The van der Waals surface area contributed by atoms with Crippen molar-refractivity contribution in [2.24, 2.45) is 5.92 Å². The second kappa shape index (κ2) is 6.59. The van der Waals surface area contributed by atoms with E-state index in [1.165, 1.54) is 0 Å². The van der Waals surface area contributed by atoms with Crippen molar-refractivity contribution in [3.8, 4) is 0 Å². The van der Waals surface area contributed by atoms with E-state index in [9.17, 15) is 9.59 Å². The summed E-state index contributed by atoms with van der Waals surface area (Å²) in [6.45, 7) is 10.3. The highest BCUT2D eigenvalue weighted by Gasteiger charge is 2.18. The summed E-state index contributed by atoms with van der Waals surface area (Å²) in [6, 6.07) is 0. The molecule has 0 saturated carbocycles. The van der Waals surface area contributed by atoms with Crippen LogP contribution in [0.1, 0.15) is 20.8 Å². The van der Waals surface area contributed by atoms with Crippen molar-refractivity contribution in [2.75, 3.05) is 39.3 Å². The summed E-state index contributed by atoms with van der Waals surface area (Å²) in [4.78, 5) is 26.6. The van der Waals surface area contributed by atoms with Crippen molar-refractivity contribution >= 4 is 11.8 Å². The molecule has 98 valence electrons. The molecule has 1 fully saturated rings. The summed E-state index contributed by atoms with van der Waals surface area (Å²) in [6.07, 6.45) is 0. The molecule has 0 atom stereocenters. The summed E-state index contributed by atoms with van der Waals surface area (Å²) in [5, 5.41) is 2.90. The van der Waals surface area contributed by atoms with Crippen molar-refractivity contribution in [2.45, 2.75) is 20.8 Å². The zero-order chi connectivity index (χ0) is 12.8. The van der Waals surface area contributed by atoms with Crippen molar-refractivity contribution in [1.82, 2.24) is 15.1 Å². The van der Waals surface area contributed by atoms with E-state index in [-0.39, 0.29) is 17.7 Å². The highest BCUT2D eigenvalue weighted by Crippen LogP contribution is 2.01. The molecule has 1 heterocycles.